The average molecular weight is 471 g/mol. The van der Waals surface area contributed by atoms with E-state index in [0.29, 0.717) is 39.1 Å². The lowest BCUT2D eigenvalue weighted by atomic mass is 9.73. The number of amides is 2. The third-order valence-corrected chi connectivity index (χ3v) is 7.18. The minimum Gasteiger partial charge on any atom is -0.491 e. The van der Waals surface area contributed by atoms with Gasteiger partial charge < -0.3 is 14.5 Å². The summed E-state index contributed by atoms with van der Waals surface area (Å²) in [7, 11) is 1.81. The van der Waals surface area contributed by atoms with Crippen LogP contribution in [0.1, 0.15) is 54.4 Å². The van der Waals surface area contributed by atoms with Crippen molar-refractivity contribution in [3.63, 3.8) is 0 Å². The van der Waals surface area contributed by atoms with E-state index in [2.05, 4.69) is 6.07 Å². The highest BCUT2D eigenvalue weighted by atomic mass is 19.1. The largest absolute Gasteiger partial charge is 0.491 e. The van der Waals surface area contributed by atoms with Crippen LogP contribution in [0.25, 0.3) is 0 Å². The Labute approximate surface area is 199 Å². The highest BCUT2D eigenvalue weighted by Crippen LogP contribution is 2.39. The number of benzene rings is 2. The molecule has 2 aliphatic rings. The number of ether oxygens (including phenoxy) is 1. The molecule has 0 saturated carbocycles. The van der Waals surface area contributed by atoms with Crippen molar-refractivity contribution < 1.29 is 23.1 Å². The van der Waals surface area contributed by atoms with E-state index in [1.54, 1.807) is 9.80 Å². The van der Waals surface area contributed by atoms with Gasteiger partial charge in [-0.1, -0.05) is 31.0 Å². The molecule has 4 rings (SSSR count). The van der Waals surface area contributed by atoms with E-state index in [1.165, 1.54) is 5.56 Å². The Morgan fingerprint density at radius 3 is 2.38 bits per heavy atom. The lowest BCUT2D eigenvalue weighted by Crippen LogP contribution is -2.51. The Balaban J connectivity index is 1.45. The van der Waals surface area contributed by atoms with Crippen LogP contribution in [0.4, 0.5) is 8.78 Å². The van der Waals surface area contributed by atoms with Gasteiger partial charge in [0.15, 0.2) is 0 Å². The number of carbonyl (C=O) groups excluding carboxylic acids is 2. The van der Waals surface area contributed by atoms with E-state index < -0.39 is 23.0 Å². The molecule has 2 amide bonds. The summed E-state index contributed by atoms with van der Waals surface area (Å²) in [4.78, 5) is 29.8. The van der Waals surface area contributed by atoms with Crippen LogP contribution < -0.4 is 4.74 Å². The van der Waals surface area contributed by atoms with Crippen LogP contribution in [-0.2, 0) is 11.2 Å². The van der Waals surface area contributed by atoms with Gasteiger partial charge >= 0.3 is 0 Å². The minimum atomic E-state index is -0.770. The smallest absolute Gasteiger partial charge is 0.254 e. The fraction of sp³-hybridized carbons (Fsp3) is 0.481. The predicted octanol–water partition coefficient (Wildman–Crippen LogP) is 4.84. The van der Waals surface area contributed by atoms with Crippen molar-refractivity contribution in [2.75, 3.05) is 33.3 Å². The highest BCUT2D eigenvalue weighted by molar-refractivity contribution is 5.94. The zero-order valence-electron chi connectivity index (χ0n) is 19.7. The van der Waals surface area contributed by atoms with Crippen molar-refractivity contribution in [1.82, 2.24) is 9.80 Å². The number of hydrogen-bond donors (Lipinski definition) is 0. The molecule has 2 heterocycles. The third kappa shape index (κ3) is 5.40. The van der Waals surface area contributed by atoms with Gasteiger partial charge in [0.1, 0.15) is 24.0 Å². The van der Waals surface area contributed by atoms with Crippen molar-refractivity contribution in [2.24, 2.45) is 5.41 Å². The van der Waals surface area contributed by atoms with Gasteiger partial charge in [-0.3, -0.25) is 9.59 Å². The van der Waals surface area contributed by atoms with Gasteiger partial charge in [0, 0.05) is 31.8 Å². The van der Waals surface area contributed by atoms with Crippen molar-refractivity contribution >= 4 is 11.8 Å². The van der Waals surface area contributed by atoms with Crippen LogP contribution in [0.3, 0.4) is 0 Å². The second-order valence-electron chi connectivity index (χ2n) is 9.47. The Hall–Kier alpha value is -2.96. The summed E-state index contributed by atoms with van der Waals surface area (Å²) in [6.45, 7) is 1.68. The second-order valence-corrected chi connectivity index (χ2v) is 9.47. The number of carbonyl (C=O) groups is 2. The van der Waals surface area contributed by atoms with Crippen LogP contribution in [0.2, 0.25) is 0 Å². The number of piperidine rings is 1. The van der Waals surface area contributed by atoms with Crippen molar-refractivity contribution in [3.8, 4) is 5.75 Å². The SMILES string of the molecule is CN1CCOc2ccccc2CCCCCC2(CCN(C(=O)c3cc(F)cc(F)c3)CC2)C1=O. The molecule has 2 aromatic carbocycles. The number of nitrogens with zero attached hydrogens (tertiary/aromatic N) is 2. The Kier molecular flexibility index (Phi) is 7.49. The lowest BCUT2D eigenvalue weighted by molar-refractivity contribution is -0.144. The average Bonchev–Trinajstić information content (AvgIpc) is 2.83. The van der Waals surface area contributed by atoms with E-state index in [9.17, 15) is 18.4 Å². The molecule has 1 spiro atoms. The zero-order valence-corrected chi connectivity index (χ0v) is 19.7. The number of halogens is 2. The van der Waals surface area contributed by atoms with Crippen LogP contribution in [0.15, 0.2) is 42.5 Å². The first kappa shape index (κ1) is 24.2. The maximum atomic E-state index is 13.6. The van der Waals surface area contributed by atoms with E-state index in [1.807, 2.05) is 25.2 Å². The fourth-order valence-electron chi connectivity index (χ4n) is 5.17. The molecule has 34 heavy (non-hydrogen) atoms. The second kappa shape index (κ2) is 10.5. The maximum absolute atomic E-state index is 13.6. The fourth-order valence-corrected chi connectivity index (χ4v) is 5.17. The number of hydrogen-bond acceptors (Lipinski definition) is 3. The highest BCUT2D eigenvalue weighted by Gasteiger charge is 2.43. The topological polar surface area (TPSA) is 49.9 Å². The molecule has 2 aromatic rings. The number of para-hydroxylation sites is 1. The maximum Gasteiger partial charge on any atom is 0.254 e. The first-order chi connectivity index (χ1) is 16.4. The number of aryl methyl sites for hydroxylation is 1. The van der Waals surface area contributed by atoms with Gasteiger partial charge in [0.25, 0.3) is 5.91 Å². The molecular weight excluding hydrogens is 438 g/mol. The molecule has 1 saturated heterocycles. The predicted molar refractivity (Wildman–Crippen MR) is 126 cm³/mol. The summed E-state index contributed by atoms with van der Waals surface area (Å²) < 4.78 is 33.2. The van der Waals surface area contributed by atoms with Gasteiger partial charge in [-0.05, 0) is 55.9 Å². The Morgan fingerprint density at radius 2 is 1.65 bits per heavy atom. The van der Waals surface area contributed by atoms with E-state index >= 15 is 0 Å². The molecule has 0 radical (unpaired) electrons. The summed E-state index contributed by atoms with van der Waals surface area (Å²) in [6.07, 6.45) is 5.77. The summed E-state index contributed by atoms with van der Waals surface area (Å²) in [6, 6.07) is 11.0. The molecule has 182 valence electrons. The molecule has 0 aromatic heterocycles. The van der Waals surface area contributed by atoms with E-state index in [4.69, 9.17) is 4.74 Å². The Morgan fingerprint density at radius 1 is 0.941 bits per heavy atom. The Bertz CT molecular complexity index is 1010. The number of likely N-dealkylation sites (N-methyl/N-ethyl adjacent to an activating group) is 1. The van der Waals surface area contributed by atoms with Crippen LogP contribution in [-0.4, -0.2) is 54.9 Å². The first-order valence-corrected chi connectivity index (χ1v) is 12.1. The van der Waals surface area contributed by atoms with Gasteiger partial charge in [-0.25, -0.2) is 8.78 Å². The first-order valence-electron chi connectivity index (χ1n) is 12.1. The summed E-state index contributed by atoms with van der Waals surface area (Å²) in [5, 5.41) is 0. The molecule has 2 aliphatic heterocycles. The van der Waals surface area contributed by atoms with Crippen molar-refractivity contribution in [3.05, 3.63) is 65.2 Å². The number of rotatable bonds is 1. The third-order valence-electron chi connectivity index (χ3n) is 7.18. The van der Waals surface area contributed by atoms with Gasteiger partial charge in [0.05, 0.1) is 12.0 Å². The number of likely N-dealkylation sites (tertiary alicyclic amines) is 1. The monoisotopic (exact) mass is 470 g/mol. The lowest BCUT2D eigenvalue weighted by Gasteiger charge is -2.42. The molecule has 1 fully saturated rings. The van der Waals surface area contributed by atoms with Gasteiger partial charge in [-0.15, -0.1) is 0 Å². The molecule has 0 atom stereocenters. The zero-order chi connectivity index (χ0) is 24.1. The van der Waals surface area contributed by atoms with Crippen LogP contribution in [0.5, 0.6) is 5.75 Å². The summed E-state index contributed by atoms with van der Waals surface area (Å²) in [5.41, 5.74) is 0.675. The molecule has 5 nitrogen and oxygen atoms in total. The molecule has 7 heteroatoms. The molecular formula is C27H32F2N2O3. The molecule has 0 N–H and O–H groups in total. The minimum absolute atomic E-state index is 0.00329. The van der Waals surface area contributed by atoms with E-state index in [-0.39, 0.29) is 11.5 Å². The van der Waals surface area contributed by atoms with E-state index in [0.717, 1.165) is 56.1 Å². The molecule has 0 bridgehead atoms. The molecule has 0 aliphatic carbocycles. The van der Waals surface area contributed by atoms with Crippen LogP contribution in [0, 0.1) is 17.0 Å². The molecule has 0 unspecified atom stereocenters. The number of fused-ring (bicyclic) bond motifs is 1. The van der Waals surface area contributed by atoms with Crippen molar-refractivity contribution in [2.45, 2.75) is 44.9 Å². The normalized spacial score (nSPS) is 19.4. The van der Waals surface area contributed by atoms with Gasteiger partial charge in [0.2, 0.25) is 5.91 Å². The summed E-state index contributed by atoms with van der Waals surface area (Å²) >= 11 is 0. The van der Waals surface area contributed by atoms with Crippen molar-refractivity contribution in [1.29, 1.82) is 0 Å². The quantitative estimate of drug-likeness (QED) is 0.599. The standard InChI is InChI=1S/C27H32F2N2O3/c1-30-15-16-34-24-9-5-4-8-20(24)7-3-2-6-10-27(26(30)33)11-13-31(14-12-27)25(32)21-17-22(28)19-23(29)18-21/h4-5,8-9,17-19H,2-3,6-7,10-16H2,1H3. The van der Waals surface area contributed by atoms with Crippen LogP contribution >= 0.6 is 0 Å². The summed E-state index contributed by atoms with van der Waals surface area (Å²) in [5.74, 6) is -0.961. The van der Waals surface area contributed by atoms with Gasteiger partial charge in [-0.2, -0.15) is 0 Å².